The van der Waals surface area contributed by atoms with Gasteiger partial charge >= 0.3 is 0 Å². The van der Waals surface area contributed by atoms with E-state index in [1.165, 1.54) is 12.1 Å². The fraction of sp³-hybridized carbons (Fsp3) is 0.312. The molecule has 4 heteroatoms. The molecule has 20 heavy (non-hydrogen) atoms. The number of nitrogens with zero attached hydrogens (tertiary/aromatic N) is 1. The summed E-state index contributed by atoms with van der Waals surface area (Å²) in [5.41, 5.74) is 2.27. The monoisotopic (exact) mass is 276 g/mol. The lowest BCUT2D eigenvalue weighted by Gasteiger charge is -2.21. The summed E-state index contributed by atoms with van der Waals surface area (Å²) in [5.74, 6) is -1.12. The van der Waals surface area contributed by atoms with Crippen LogP contribution in [0.5, 0.6) is 0 Å². The van der Waals surface area contributed by atoms with Crippen LogP contribution < -0.4 is 5.32 Å². The Morgan fingerprint density at radius 2 is 2.00 bits per heavy atom. The second-order valence-corrected chi connectivity index (χ2v) is 4.56. The van der Waals surface area contributed by atoms with Gasteiger partial charge < -0.3 is 5.32 Å². The molecular weight excluding hydrogens is 258 g/mol. The number of hydrogen-bond acceptors (Lipinski definition) is 2. The van der Waals surface area contributed by atoms with Gasteiger partial charge in [0.25, 0.3) is 0 Å². The molecule has 0 aliphatic carbocycles. The zero-order valence-electron chi connectivity index (χ0n) is 11.7. The summed E-state index contributed by atoms with van der Waals surface area (Å²) < 4.78 is 27.1. The first-order chi connectivity index (χ1) is 9.67. The van der Waals surface area contributed by atoms with E-state index in [1.807, 2.05) is 26.0 Å². The van der Waals surface area contributed by atoms with Gasteiger partial charge in [0.2, 0.25) is 0 Å². The predicted octanol–water partition coefficient (Wildman–Crippen LogP) is 3.62. The highest BCUT2D eigenvalue weighted by molar-refractivity contribution is 5.34. The first-order valence-electron chi connectivity index (χ1n) is 6.79. The van der Waals surface area contributed by atoms with Gasteiger partial charge in [0, 0.05) is 17.8 Å². The van der Waals surface area contributed by atoms with Gasteiger partial charge in [0.15, 0.2) is 0 Å². The maximum absolute atomic E-state index is 14.0. The van der Waals surface area contributed by atoms with Gasteiger partial charge in [0.05, 0.1) is 11.7 Å². The quantitative estimate of drug-likeness (QED) is 0.902. The molecule has 0 aliphatic rings. The molecule has 2 nitrogen and oxygen atoms in total. The minimum absolute atomic E-state index is 0.364. The first-order valence-corrected chi connectivity index (χ1v) is 6.79. The third kappa shape index (κ3) is 3.02. The van der Waals surface area contributed by atoms with Crippen LogP contribution in [0.2, 0.25) is 0 Å². The molecule has 0 spiro atoms. The van der Waals surface area contributed by atoms with Crippen LogP contribution in [0.15, 0.2) is 36.5 Å². The van der Waals surface area contributed by atoms with Crippen molar-refractivity contribution in [1.82, 2.24) is 10.3 Å². The third-order valence-electron chi connectivity index (χ3n) is 3.26. The molecule has 106 valence electrons. The Labute approximate surface area is 117 Å². The highest BCUT2D eigenvalue weighted by Gasteiger charge is 2.20. The van der Waals surface area contributed by atoms with Crippen LogP contribution in [0.3, 0.4) is 0 Å². The summed E-state index contributed by atoms with van der Waals surface area (Å²) in [6.07, 6.45) is 2.51. The van der Waals surface area contributed by atoms with Gasteiger partial charge in [0.1, 0.15) is 11.6 Å². The number of aryl methyl sites for hydroxylation is 1. The fourth-order valence-electron chi connectivity index (χ4n) is 2.30. The molecule has 1 aromatic heterocycles. The molecule has 0 saturated heterocycles. The Bertz CT molecular complexity index is 584. The van der Waals surface area contributed by atoms with Gasteiger partial charge in [-0.15, -0.1) is 0 Å². The van der Waals surface area contributed by atoms with Gasteiger partial charge in [-0.25, -0.2) is 8.78 Å². The van der Waals surface area contributed by atoms with Crippen LogP contribution in [-0.2, 0) is 6.42 Å². The van der Waals surface area contributed by atoms with Crippen molar-refractivity contribution in [1.29, 1.82) is 0 Å². The van der Waals surface area contributed by atoms with Gasteiger partial charge in [-0.05, 0) is 30.7 Å². The number of hydrogen-bond donors (Lipinski definition) is 1. The number of rotatable bonds is 5. The molecule has 2 aromatic rings. The van der Waals surface area contributed by atoms with E-state index < -0.39 is 11.6 Å². The molecule has 0 bridgehead atoms. The molecule has 0 radical (unpaired) electrons. The lowest BCUT2D eigenvalue weighted by molar-refractivity contribution is 0.534. The molecule has 1 N–H and O–H groups in total. The summed E-state index contributed by atoms with van der Waals surface area (Å²) in [7, 11) is 0. The summed E-state index contributed by atoms with van der Waals surface area (Å²) in [5, 5.41) is 3.23. The molecule has 0 amide bonds. The highest BCUT2D eigenvalue weighted by atomic mass is 19.1. The van der Waals surface area contributed by atoms with E-state index >= 15 is 0 Å². The molecule has 0 fully saturated rings. The van der Waals surface area contributed by atoms with E-state index in [2.05, 4.69) is 10.3 Å². The second-order valence-electron chi connectivity index (χ2n) is 4.56. The largest absolute Gasteiger partial charge is 0.305 e. The number of benzene rings is 1. The van der Waals surface area contributed by atoms with Crippen molar-refractivity contribution in [2.75, 3.05) is 6.54 Å². The van der Waals surface area contributed by atoms with Crippen LogP contribution in [0.1, 0.15) is 36.7 Å². The minimum atomic E-state index is -0.571. The van der Waals surface area contributed by atoms with Crippen LogP contribution >= 0.6 is 0 Å². The first kappa shape index (κ1) is 14.6. The Hall–Kier alpha value is -1.81. The third-order valence-corrected chi connectivity index (χ3v) is 3.26. The van der Waals surface area contributed by atoms with Crippen LogP contribution in [-0.4, -0.2) is 11.5 Å². The molecule has 1 atom stereocenters. The zero-order valence-corrected chi connectivity index (χ0v) is 11.7. The van der Waals surface area contributed by atoms with Crippen LogP contribution in [0, 0.1) is 11.6 Å². The molecule has 0 aliphatic heterocycles. The van der Waals surface area contributed by atoms with Gasteiger partial charge in [-0.1, -0.05) is 26.0 Å². The zero-order chi connectivity index (χ0) is 14.5. The highest BCUT2D eigenvalue weighted by Crippen LogP contribution is 2.26. The topological polar surface area (TPSA) is 24.9 Å². The van der Waals surface area contributed by atoms with E-state index in [0.717, 1.165) is 23.7 Å². The van der Waals surface area contributed by atoms with E-state index in [9.17, 15) is 8.78 Å². The van der Waals surface area contributed by atoms with E-state index in [4.69, 9.17) is 0 Å². The SMILES string of the molecule is CCNC(c1ccc(F)cc1F)c1ncccc1CC. The fourth-order valence-corrected chi connectivity index (χ4v) is 2.30. The lowest BCUT2D eigenvalue weighted by atomic mass is 9.97. The Morgan fingerprint density at radius 1 is 1.20 bits per heavy atom. The summed E-state index contributed by atoms with van der Waals surface area (Å²) >= 11 is 0. The second kappa shape index (κ2) is 6.57. The lowest BCUT2D eigenvalue weighted by Crippen LogP contribution is -2.25. The van der Waals surface area contributed by atoms with Crippen molar-refractivity contribution >= 4 is 0 Å². The summed E-state index contributed by atoms with van der Waals surface area (Å²) in [6.45, 7) is 4.65. The molecule has 1 aromatic carbocycles. The summed E-state index contributed by atoms with van der Waals surface area (Å²) in [6, 6.07) is 7.15. The van der Waals surface area contributed by atoms with Crippen molar-refractivity contribution in [2.45, 2.75) is 26.3 Å². The van der Waals surface area contributed by atoms with Crippen molar-refractivity contribution in [3.8, 4) is 0 Å². The number of halogens is 2. The smallest absolute Gasteiger partial charge is 0.131 e. The number of aromatic nitrogens is 1. The Morgan fingerprint density at radius 3 is 2.65 bits per heavy atom. The average molecular weight is 276 g/mol. The molecule has 1 unspecified atom stereocenters. The van der Waals surface area contributed by atoms with Crippen molar-refractivity contribution in [2.24, 2.45) is 0 Å². The van der Waals surface area contributed by atoms with E-state index in [-0.39, 0.29) is 6.04 Å². The minimum Gasteiger partial charge on any atom is -0.305 e. The normalized spacial score (nSPS) is 12.4. The van der Waals surface area contributed by atoms with Crippen molar-refractivity contribution < 1.29 is 8.78 Å². The van der Waals surface area contributed by atoms with Crippen molar-refractivity contribution in [3.05, 3.63) is 65.0 Å². The molecular formula is C16H18F2N2. The molecule has 1 heterocycles. The molecule has 0 saturated carbocycles. The van der Waals surface area contributed by atoms with E-state index in [0.29, 0.717) is 12.1 Å². The van der Waals surface area contributed by atoms with E-state index in [1.54, 1.807) is 6.20 Å². The maximum atomic E-state index is 14.0. The van der Waals surface area contributed by atoms with Crippen LogP contribution in [0.25, 0.3) is 0 Å². The van der Waals surface area contributed by atoms with Crippen molar-refractivity contribution in [3.63, 3.8) is 0 Å². The Kier molecular flexibility index (Phi) is 4.79. The maximum Gasteiger partial charge on any atom is 0.131 e. The number of nitrogens with one attached hydrogen (secondary N) is 1. The standard InChI is InChI=1S/C16H18F2N2/c1-3-11-6-5-9-20-15(11)16(19-4-2)13-8-7-12(17)10-14(13)18/h5-10,16,19H,3-4H2,1-2H3. The van der Waals surface area contributed by atoms with Crippen LogP contribution in [0.4, 0.5) is 8.78 Å². The number of pyridine rings is 1. The molecule has 2 rings (SSSR count). The van der Waals surface area contributed by atoms with Gasteiger partial charge in [-0.3, -0.25) is 4.98 Å². The Balaban J connectivity index is 2.50. The predicted molar refractivity (Wildman–Crippen MR) is 75.5 cm³/mol. The van der Waals surface area contributed by atoms with Gasteiger partial charge in [-0.2, -0.15) is 0 Å². The summed E-state index contributed by atoms with van der Waals surface area (Å²) in [4.78, 5) is 4.39. The average Bonchev–Trinajstić information content (AvgIpc) is 2.45.